The lowest BCUT2D eigenvalue weighted by Gasteiger charge is -2.41. The van der Waals surface area contributed by atoms with Gasteiger partial charge in [-0.2, -0.15) is 5.10 Å². The standard InChI is InChI=1S/C25H30ClN5O4/c26-22-19-11-15(14-1-2-14)12-20(24(34)27-16-3-4-16)31(19)28-23(22)25(35)29-9-10-30(21(33)13-29)17-5-7-18(32)8-6-17/h11-12,14,16-18,32H,1-10,13H2,(H,27,34). The first kappa shape index (κ1) is 22.8. The fourth-order valence-corrected chi connectivity index (χ4v) is 5.60. The van der Waals surface area contributed by atoms with E-state index >= 15 is 0 Å². The minimum absolute atomic E-state index is 0.0234. The number of nitrogens with zero attached hydrogens (tertiary/aromatic N) is 4. The maximum absolute atomic E-state index is 13.4. The number of fused-ring (bicyclic) bond motifs is 1. The minimum Gasteiger partial charge on any atom is -0.393 e. The molecule has 10 heteroatoms. The van der Waals surface area contributed by atoms with Crippen LogP contribution in [0.4, 0.5) is 0 Å². The number of aliphatic hydroxyl groups excluding tert-OH is 1. The van der Waals surface area contributed by atoms with Crippen LogP contribution in [0, 0.1) is 0 Å². The molecule has 0 aromatic carbocycles. The topological polar surface area (TPSA) is 107 Å². The lowest BCUT2D eigenvalue weighted by Crippen LogP contribution is -2.56. The van der Waals surface area contributed by atoms with E-state index in [-0.39, 0.29) is 47.3 Å². The summed E-state index contributed by atoms with van der Waals surface area (Å²) in [4.78, 5) is 42.7. The molecular formula is C25H30ClN5O4. The summed E-state index contributed by atoms with van der Waals surface area (Å²) in [5.41, 5.74) is 2.05. The van der Waals surface area contributed by atoms with Crippen LogP contribution >= 0.6 is 11.6 Å². The van der Waals surface area contributed by atoms with Crippen molar-refractivity contribution in [1.82, 2.24) is 24.7 Å². The Balaban J connectivity index is 1.25. The molecule has 9 nitrogen and oxygen atoms in total. The average Bonchev–Trinajstić information content (AvgIpc) is 3.78. The molecule has 1 aliphatic heterocycles. The normalized spacial score (nSPS) is 25.3. The van der Waals surface area contributed by atoms with Gasteiger partial charge in [0, 0.05) is 25.2 Å². The second-order valence-electron chi connectivity index (χ2n) is 10.4. The van der Waals surface area contributed by atoms with Gasteiger partial charge >= 0.3 is 0 Å². The fourth-order valence-electron chi connectivity index (χ4n) is 5.34. The summed E-state index contributed by atoms with van der Waals surface area (Å²) in [6.07, 6.45) is 6.79. The average molecular weight is 500 g/mol. The number of rotatable bonds is 5. The molecule has 35 heavy (non-hydrogen) atoms. The number of amides is 3. The molecule has 0 radical (unpaired) electrons. The summed E-state index contributed by atoms with van der Waals surface area (Å²) < 4.78 is 1.48. The monoisotopic (exact) mass is 499 g/mol. The Bertz CT molecular complexity index is 1200. The predicted molar refractivity (Wildman–Crippen MR) is 129 cm³/mol. The number of halogens is 1. The highest BCUT2D eigenvalue weighted by Crippen LogP contribution is 2.41. The summed E-state index contributed by atoms with van der Waals surface area (Å²) in [7, 11) is 0. The van der Waals surface area contributed by atoms with Crippen molar-refractivity contribution in [2.45, 2.75) is 75.5 Å². The van der Waals surface area contributed by atoms with Gasteiger partial charge in [0.15, 0.2) is 5.69 Å². The van der Waals surface area contributed by atoms with Crippen LogP contribution in [-0.2, 0) is 4.79 Å². The van der Waals surface area contributed by atoms with Crippen molar-refractivity contribution in [3.8, 4) is 0 Å². The Hall–Kier alpha value is -2.65. The molecule has 3 heterocycles. The van der Waals surface area contributed by atoms with E-state index in [1.165, 1.54) is 9.42 Å². The fraction of sp³-hybridized carbons (Fsp3) is 0.600. The summed E-state index contributed by atoms with van der Waals surface area (Å²) >= 11 is 6.68. The van der Waals surface area contributed by atoms with Gasteiger partial charge in [0.1, 0.15) is 12.2 Å². The molecule has 4 aliphatic rings. The summed E-state index contributed by atoms with van der Waals surface area (Å²) in [6.45, 7) is 0.831. The zero-order valence-corrected chi connectivity index (χ0v) is 20.3. The highest BCUT2D eigenvalue weighted by atomic mass is 35.5. The first-order valence-electron chi connectivity index (χ1n) is 12.7. The second-order valence-corrected chi connectivity index (χ2v) is 10.8. The molecule has 2 aromatic heterocycles. The van der Waals surface area contributed by atoms with Crippen LogP contribution in [0.3, 0.4) is 0 Å². The maximum Gasteiger partial charge on any atom is 0.276 e. The number of nitrogens with one attached hydrogen (secondary N) is 1. The number of piperazine rings is 1. The molecule has 2 N–H and O–H groups in total. The molecule has 0 spiro atoms. The summed E-state index contributed by atoms with van der Waals surface area (Å²) in [5.74, 6) is -0.289. The highest BCUT2D eigenvalue weighted by Gasteiger charge is 2.36. The van der Waals surface area contributed by atoms with E-state index in [9.17, 15) is 19.5 Å². The number of aliphatic hydroxyl groups is 1. The van der Waals surface area contributed by atoms with Gasteiger partial charge in [-0.05, 0) is 75.0 Å². The van der Waals surface area contributed by atoms with Crippen LogP contribution in [0.25, 0.3) is 5.52 Å². The Kier molecular flexibility index (Phi) is 5.72. The molecule has 0 unspecified atom stereocenters. The number of pyridine rings is 1. The third-order valence-corrected chi connectivity index (χ3v) is 8.12. The van der Waals surface area contributed by atoms with E-state index in [1.807, 2.05) is 17.0 Å². The first-order valence-corrected chi connectivity index (χ1v) is 13.1. The van der Waals surface area contributed by atoms with Crippen molar-refractivity contribution in [3.63, 3.8) is 0 Å². The van der Waals surface area contributed by atoms with Crippen molar-refractivity contribution in [2.75, 3.05) is 19.6 Å². The number of carbonyl (C=O) groups excluding carboxylic acids is 3. The third-order valence-electron chi connectivity index (χ3n) is 7.74. The Morgan fingerprint density at radius 3 is 2.43 bits per heavy atom. The molecule has 3 saturated carbocycles. The SMILES string of the molecule is O=C(NC1CC1)c1cc(C2CC2)cc2c(Cl)c(C(=O)N3CCN(C4CCC(O)CC4)C(=O)C3)nn12. The van der Waals surface area contributed by atoms with E-state index in [1.54, 1.807) is 0 Å². The van der Waals surface area contributed by atoms with E-state index in [4.69, 9.17) is 11.6 Å². The lowest BCUT2D eigenvalue weighted by atomic mass is 9.91. The van der Waals surface area contributed by atoms with Crippen LogP contribution in [0.1, 0.15) is 83.8 Å². The number of hydrogen-bond donors (Lipinski definition) is 2. The van der Waals surface area contributed by atoms with Gasteiger partial charge < -0.3 is 20.2 Å². The van der Waals surface area contributed by atoms with Crippen LogP contribution < -0.4 is 5.32 Å². The van der Waals surface area contributed by atoms with Crippen molar-refractivity contribution >= 4 is 34.8 Å². The van der Waals surface area contributed by atoms with Gasteiger partial charge in [-0.1, -0.05) is 11.6 Å². The molecule has 1 saturated heterocycles. The Morgan fingerprint density at radius 2 is 1.77 bits per heavy atom. The van der Waals surface area contributed by atoms with Gasteiger partial charge in [0.25, 0.3) is 11.8 Å². The van der Waals surface area contributed by atoms with Crippen LogP contribution in [0.15, 0.2) is 12.1 Å². The van der Waals surface area contributed by atoms with Crippen LogP contribution in [0.2, 0.25) is 5.02 Å². The first-order chi connectivity index (χ1) is 16.9. The van der Waals surface area contributed by atoms with Crippen LogP contribution in [0.5, 0.6) is 0 Å². The molecule has 0 bridgehead atoms. The Morgan fingerprint density at radius 1 is 1.03 bits per heavy atom. The number of hydrogen-bond acceptors (Lipinski definition) is 5. The molecule has 186 valence electrons. The Labute approximate surface area is 208 Å². The zero-order chi connectivity index (χ0) is 24.3. The molecule has 4 fully saturated rings. The van der Waals surface area contributed by atoms with Crippen molar-refractivity contribution in [2.24, 2.45) is 0 Å². The van der Waals surface area contributed by atoms with E-state index in [0.29, 0.717) is 43.1 Å². The molecule has 6 rings (SSSR count). The molecule has 0 atom stereocenters. The molecule has 3 amide bonds. The van der Waals surface area contributed by atoms with E-state index < -0.39 is 5.91 Å². The number of aromatic nitrogens is 2. The largest absolute Gasteiger partial charge is 0.393 e. The number of carbonyl (C=O) groups is 3. The smallest absolute Gasteiger partial charge is 0.276 e. The minimum atomic E-state index is -0.396. The van der Waals surface area contributed by atoms with Gasteiger partial charge in [0.2, 0.25) is 5.91 Å². The van der Waals surface area contributed by atoms with Crippen molar-refractivity contribution in [3.05, 3.63) is 34.1 Å². The van der Waals surface area contributed by atoms with E-state index in [2.05, 4.69) is 10.4 Å². The van der Waals surface area contributed by atoms with Crippen molar-refractivity contribution in [1.29, 1.82) is 0 Å². The third kappa shape index (κ3) is 4.40. The van der Waals surface area contributed by atoms with Gasteiger partial charge in [-0.3, -0.25) is 14.4 Å². The second kappa shape index (κ2) is 8.78. The van der Waals surface area contributed by atoms with E-state index in [0.717, 1.165) is 44.1 Å². The molecule has 2 aromatic rings. The van der Waals surface area contributed by atoms with Gasteiger partial charge in [-0.15, -0.1) is 0 Å². The maximum atomic E-state index is 13.4. The molecule has 3 aliphatic carbocycles. The van der Waals surface area contributed by atoms with Gasteiger partial charge in [0.05, 0.1) is 16.6 Å². The summed E-state index contributed by atoms with van der Waals surface area (Å²) in [5, 5.41) is 17.5. The van der Waals surface area contributed by atoms with Crippen molar-refractivity contribution < 1.29 is 19.5 Å². The zero-order valence-electron chi connectivity index (χ0n) is 19.6. The predicted octanol–water partition coefficient (Wildman–Crippen LogP) is 2.35. The molecular weight excluding hydrogens is 470 g/mol. The lowest BCUT2D eigenvalue weighted by molar-refractivity contribution is -0.138. The van der Waals surface area contributed by atoms with Gasteiger partial charge in [-0.25, -0.2) is 4.52 Å². The van der Waals surface area contributed by atoms with Crippen LogP contribution in [-0.4, -0.2) is 80.1 Å². The highest BCUT2D eigenvalue weighted by molar-refractivity contribution is 6.37. The quantitative estimate of drug-likeness (QED) is 0.656. The summed E-state index contributed by atoms with van der Waals surface area (Å²) in [6, 6.07) is 4.11.